The van der Waals surface area contributed by atoms with Crippen molar-refractivity contribution in [1.82, 2.24) is 0 Å². The predicted octanol–water partition coefficient (Wildman–Crippen LogP) is 3.84. The predicted molar refractivity (Wildman–Crippen MR) is 50.3 cm³/mol. The van der Waals surface area contributed by atoms with E-state index < -0.39 is 6.17 Å². The molecule has 1 unspecified atom stereocenters. The third kappa shape index (κ3) is 1.90. The molecule has 0 aliphatic heterocycles. The van der Waals surface area contributed by atoms with Gasteiger partial charge in [-0.2, -0.15) is 0 Å². The Morgan fingerprint density at radius 1 is 1.58 bits per heavy atom. The molecular formula is C8H7BrClFO. The lowest BCUT2D eigenvalue weighted by molar-refractivity contribution is 0.373. The minimum atomic E-state index is -1.08. The Labute approximate surface area is 83.3 Å². The van der Waals surface area contributed by atoms with Gasteiger partial charge < -0.3 is 5.11 Å². The second-order valence-electron chi connectivity index (χ2n) is 2.45. The smallest absolute Gasteiger partial charge is 0.148 e. The highest BCUT2D eigenvalue weighted by Crippen LogP contribution is 2.35. The van der Waals surface area contributed by atoms with Crippen LogP contribution < -0.4 is 0 Å². The minimum Gasteiger partial charge on any atom is -0.505 e. The molecule has 0 saturated carbocycles. The molecule has 0 spiro atoms. The molecule has 12 heavy (non-hydrogen) atoms. The molecule has 0 saturated heterocycles. The van der Waals surface area contributed by atoms with Crippen LogP contribution in [0.3, 0.4) is 0 Å². The molecule has 0 fully saturated rings. The fraction of sp³-hybridized carbons (Fsp3) is 0.250. The maximum atomic E-state index is 12.8. The monoisotopic (exact) mass is 252 g/mol. The molecule has 1 N–H and O–H groups in total. The second kappa shape index (κ2) is 3.62. The van der Waals surface area contributed by atoms with E-state index in [1.807, 2.05) is 0 Å². The zero-order chi connectivity index (χ0) is 9.30. The largest absolute Gasteiger partial charge is 0.505 e. The molecule has 0 aliphatic rings. The first-order valence-electron chi connectivity index (χ1n) is 3.34. The third-order valence-corrected chi connectivity index (χ3v) is 2.39. The molecule has 4 heteroatoms. The van der Waals surface area contributed by atoms with E-state index in [4.69, 9.17) is 11.6 Å². The van der Waals surface area contributed by atoms with Gasteiger partial charge in [-0.25, -0.2) is 4.39 Å². The summed E-state index contributed by atoms with van der Waals surface area (Å²) >= 11 is 8.68. The summed E-state index contributed by atoms with van der Waals surface area (Å²) in [6, 6.07) is 2.91. The van der Waals surface area contributed by atoms with Crippen molar-refractivity contribution < 1.29 is 9.50 Å². The van der Waals surface area contributed by atoms with Crippen molar-refractivity contribution >= 4 is 27.5 Å². The first-order chi connectivity index (χ1) is 5.52. The van der Waals surface area contributed by atoms with Crippen LogP contribution in [-0.2, 0) is 0 Å². The summed E-state index contributed by atoms with van der Waals surface area (Å²) in [5, 5.41) is 9.37. The zero-order valence-corrected chi connectivity index (χ0v) is 8.66. The Bertz CT molecular complexity index is 278. The van der Waals surface area contributed by atoms with Gasteiger partial charge in [-0.05, 0) is 40.5 Å². The highest BCUT2D eigenvalue weighted by atomic mass is 79.9. The van der Waals surface area contributed by atoms with Gasteiger partial charge >= 0.3 is 0 Å². The molecule has 0 amide bonds. The van der Waals surface area contributed by atoms with Crippen molar-refractivity contribution in [3.05, 3.63) is 27.2 Å². The van der Waals surface area contributed by atoms with Gasteiger partial charge in [0.05, 0.1) is 9.50 Å². The van der Waals surface area contributed by atoms with Crippen LogP contribution in [0.1, 0.15) is 18.7 Å². The number of halogens is 3. The van der Waals surface area contributed by atoms with Crippen LogP contribution in [-0.4, -0.2) is 5.11 Å². The topological polar surface area (TPSA) is 20.2 Å². The molecule has 66 valence electrons. The lowest BCUT2D eigenvalue weighted by atomic mass is 10.1. The minimum absolute atomic E-state index is 0.0546. The van der Waals surface area contributed by atoms with Gasteiger partial charge in [-0.1, -0.05) is 11.6 Å². The van der Waals surface area contributed by atoms with E-state index in [0.717, 1.165) is 0 Å². The van der Waals surface area contributed by atoms with E-state index in [1.54, 1.807) is 0 Å². The van der Waals surface area contributed by atoms with Crippen LogP contribution in [0.4, 0.5) is 4.39 Å². The highest BCUT2D eigenvalue weighted by Gasteiger charge is 2.09. The van der Waals surface area contributed by atoms with Gasteiger partial charge in [0.15, 0.2) is 0 Å². The number of aromatic hydroxyl groups is 1. The number of phenolic OH excluding ortho intramolecular Hbond substituents is 1. The number of hydrogen-bond donors (Lipinski definition) is 1. The molecule has 1 aromatic rings. The second-order valence-corrected chi connectivity index (χ2v) is 3.71. The first kappa shape index (κ1) is 9.81. The van der Waals surface area contributed by atoms with E-state index in [-0.39, 0.29) is 10.8 Å². The Morgan fingerprint density at radius 2 is 2.17 bits per heavy atom. The molecule has 1 nitrogen and oxygen atoms in total. The van der Waals surface area contributed by atoms with Gasteiger partial charge in [0.2, 0.25) is 0 Å². The van der Waals surface area contributed by atoms with Gasteiger partial charge in [0.25, 0.3) is 0 Å². The third-order valence-electron chi connectivity index (χ3n) is 1.50. The summed E-state index contributed by atoms with van der Waals surface area (Å²) in [7, 11) is 0. The number of phenols is 1. The Kier molecular flexibility index (Phi) is 2.96. The fourth-order valence-corrected chi connectivity index (χ4v) is 1.63. The van der Waals surface area contributed by atoms with E-state index in [2.05, 4.69) is 15.9 Å². The van der Waals surface area contributed by atoms with Crippen LogP contribution in [0.5, 0.6) is 5.75 Å². The van der Waals surface area contributed by atoms with Gasteiger partial charge in [0, 0.05) is 0 Å². The maximum absolute atomic E-state index is 12.8. The molecule has 1 atom stereocenters. The molecule has 0 heterocycles. The molecule has 0 aliphatic carbocycles. The van der Waals surface area contributed by atoms with E-state index in [1.165, 1.54) is 19.1 Å². The van der Waals surface area contributed by atoms with Gasteiger partial charge in [-0.15, -0.1) is 0 Å². The van der Waals surface area contributed by atoms with Crippen LogP contribution >= 0.6 is 27.5 Å². The Balaban J connectivity index is 3.21. The normalized spacial score (nSPS) is 13.0. The van der Waals surface area contributed by atoms with Crippen LogP contribution in [0, 0.1) is 0 Å². The van der Waals surface area contributed by atoms with Crippen molar-refractivity contribution in [2.24, 2.45) is 0 Å². The number of hydrogen-bond acceptors (Lipinski definition) is 1. The van der Waals surface area contributed by atoms with Crippen molar-refractivity contribution in [2.75, 3.05) is 0 Å². The van der Waals surface area contributed by atoms with Crippen molar-refractivity contribution in [3.8, 4) is 5.75 Å². The summed E-state index contributed by atoms with van der Waals surface area (Å²) in [5.41, 5.74) is 0.449. The first-order valence-corrected chi connectivity index (χ1v) is 4.51. The lowest BCUT2D eigenvalue weighted by Crippen LogP contribution is -1.85. The maximum Gasteiger partial charge on any atom is 0.148 e. The van der Waals surface area contributed by atoms with E-state index in [0.29, 0.717) is 10.0 Å². The number of benzene rings is 1. The summed E-state index contributed by atoms with van der Waals surface area (Å²) in [6.07, 6.45) is -1.08. The summed E-state index contributed by atoms with van der Waals surface area (Å²) in [6.45, 7) is 1.41. The van der Waals surface area contributed by atoms with Crippen molar-refractivity contribution in [1.29, 1.82) is 0 Å². The molecule has 0 radical (unpaired) electrons. The van der Waals surface area contributed by atoms with Crippen molar-refractivity contribution in [3.63, 3.8) is 0 Å². The Hall–Kier alpha value is -0.280. The average Bonchev–Trinajstić information content (AvgIpc) is 1.99. The molecule has 0 aromatic heterocycles. The number of alkyl halides is 1. The number of rotatable bonds is 1. The van der Waals surface area contributed by atoms with Crippen molar-refractivity contribution in [2.45, 2.75) is 13.1 Å². The molecule has 1 aromatic carbocycles. The van der Waals surface area contributed by atoms with E-state index in [9.17, 15) is 9.50 Å². The SMILES string of the molecule is CC(F)c1cc(Cl)c(O)c(Br)c1. The average molecular weight is 253 g/mol. The zero-order valence-electron chi connectivity index (χ0n) is 6.31. The summed E-state index contributed by atoms with van der Waals surface area (Å²) in [5.74, 6) is -0.0546. The lowest BCUT2D eigenvalue weighted by Gasteiger charge is -2.05. The fourth-order valence-electron chi connectivity index (χ4n) is 0.815. The quantitative estimate of drug-likeness (QED) is 0.806. The van der Waals surface area contributed by atoms with E-state index >= 15 is 0 Å². The standard InChI is InChI=1S/C8H7BrClFO/c1-4(11)5-2-6(9)8(12)7(10)3-5/h2-4,12H,1H3. The molecule has 0 bridgehead atoms. The highest BCUT2D eigenvalue weighted by molar-refractivity contribution is 9.10. The molecular weight excluding hydrogens is 246 g/mol. The Morgan fingerprint density at radius 3 is 2.58 bits per heavy atom. The van der Waals surface area contributed by atoms with Crippen LogP contribution in [0.15, 0.2) is 16.6 Å². The van der Waals surface area contributed by atoms with Crippen LogP contribution in [0.2, 0.25) is 5.02 Å². The van der Waals surface area contributed by atoms with Gasteiger partial charge in [0.1, 0.15) is 11.9 Å². The summed E-state index contributed by atoms with van der Waals surface area (Å²) in [4.78, 5) is 0. The van der Waals surface area contributed by atoms with Crippen LogP contribution in [0.25, 0.3) is 0 Å². The van der Waals surface area contributed by atoms with Gasteiger partial charge in [-0.3, -0.25) is 0 Å². The summed E-state index contributed by atoms with van der Waals surface area (Å²) < 4.78 is 13.2. The molecule has 1 rings (SSSR count).